The first kappa shape index (κ1) is 20.2. The van der Waals surface area contributed by atoms with Gasteiger partial charge in [-0.1, -0.05) is 6.07 Å². The molecule has 5 nitrogen and oxygen atoms in total. The minimum Gasteiger partial charge on any atom is -0.368 e. The Morgan fingerprint density at radius 3 is 2.69 bits per heavy atom. The highest BCUT2D eigenvalue weighted by Gasteiger charge is 2.31. The number of halogens is 3. The second-order valence-electron chi connectivity index (χ2n) is 7.44. The van der Waals surface area contributed by atoms with E-state index in [0.29, 0.717) is 43.5 Å². The van der Waals surface area contributed by atoms with E-state index in [0.717, 1.165) is 37.0 Å². The van der Waals surface area contributed by atoms with Crippen molar-refractivity contribution in [3.05, 3.63) is 45.9 Å². The minimum absolute atomic E-state index is 0.0973. The molecule has 1 unspecified atom stereocenters. The average molecular weight is 424 g/mol. The zero-order chi connectivity index (χ0) is 20.4. The molecular weight excluding hydrogens is 401 g/mol. The summed E-state index contributed by atoms with van der Waals surface area (Å²) in [5, 5.41) is 6.19. The van der Waals surface area contributed by atoms with Gasteiger partial charge in [-0.15, -0.1) is 11.3 Å². The lowest BCUT2D eigenvalue weighted by molar-refractivity contribution is -0.137. The number of nitrogens with zero attached hydrogens (tertiary/aromatic N) is 3. The summed E-state index contributed by atoms with van der Waals surface area (Å²) in [5.74, 6) is 0.271. The maximum atomic E-state index is 12.9. The van der Waals surface area contributed by atoms with Gasteiger partial charge in [0.2, 0.25) is 0 Å². The summed E-state index contributed by atoms with van der Waals surface area (Å²) in [4.78, 5) is 21.0. The number of amides is 1. The molecular formula is C20H23F3N4OS. The fourth-order valence-corrected chi connectivity index (χ4v) is 4.78. The van der Waals surface area contributed by atoms with Crippen molar-refractivity contribution in [3.63, 3.8) is 0 Å². The van der Waals surface area contributed by atoms with Crippen molar-refractivity contribution in [2.24, 2.45) is 0 Å². The Morgan fingerprint density at radius 1 is 1.21 bits per heavy atom. The molecule has 1 aromatic heterocycles. The van der Waals surface area contributed by atoms with E-state index in [9.17, 15) is 18.0 Å². The van der Waals surface area contributed by atoms with Crippen molar-refractivity contribution in [1.82, 2.24) is 15.2 Å². The van der Waals surface area contributed by atoms with Gasteiger partial charge in [-0.2, -0.15) is 13.2 Å². The molecule has 2 aromatic rings. The van der Waals surface area contributed by atoms with Crippen LogP contribution in [0.2, 0.25) is 0 Å². The molecule has 0 bridgehead atoms. The first-order chi connectivity index (χ1) is 13.9. The number of rotatable bonds is 3. The maximum Gasteiger partial charge on any atom is 0.416 e. The standard InChI is InChI=1S/C20H23F3N4OS/c21-20(22,23)15-4-1-5-16(11-15)26-7-9-27(10-8-26)19(28)17-13-29-18(25-17)14-3-2-6-24-12-14/h1,4-5,11,13-14,24H,2-3,6-10,12H2. The lowest BCUT2D eigenvalue weighted by Gasteiger charge is -2.36. The molecule has 1 atom stereocenters. The summed E-state index contributed by atoms with van der Waals surface area (Å²) in [7, 11) is 0. The number of hydrogen-bond donors (Lipinski definition) is 1. The monoisotopic (exact) mass is 424 g/mol. The normalized spacial score (nSPS) is 20.7. The molecule has 156 valence electrons. The first-order valence-corrected chi connectivity index (χ1v) is 10.7. The van der Waals surface area contributed by atoms with Crippen LogP contribution in [0.3, 0.4) is 0 Å². The van der Waals surface area contributed by atoms with Crippen LogP contribution in [0, 0.1) is 0 Å². The summed E-state index contributed by atoms with van der Waals surface area (Å²) < 4.78 is 38.8. The Bertz CT molecular complexity index is 855. The van der Waals surface area contributed by atoms with Crippen LogP contribution in [0.5, 0.6) is 0 Å². The minimum atomic E-state index is -4.36. The molecule has 29 heavy (non-hydrogen) atoms. The number of anilines is 1. The fraction of sp³-hybridized carbons (Fsp3) is 0.500. The predicted molar refractivity (Wildman–Crippen MR) is 107 cm³/mol. The van der Waals surface area contributed by atoms with Gasteiger partial charge in [-0.05, 0) is 37.6 Å². The molecule has 2 aliphatic heterocycles. The average Bonchev–Trinajstić information content (AvgIpc) is 3.24. The molecule has 3 heterocycles. The van der Waals surface area contributed by atoms with E-state index in [1.807, 2.05) is 10.3 Å². The smallest absolute Gasteiger partial charge is 0.368 e. The quantitative estimate of drug-likeness (QED) is 0.818. The maximum absolute atomic E-state index is 12.9. The third kappa shape index (κ3) is 4.56. The van der Waals surface area contributed by atoms with Crippen molar-refractivity contribution < 1.29 is 18.0 Å². The molecule has 2 aliphatic rings. The third-order valence-electron chi connectivity index (χ3n) is 5.49. The highest BCUT2D eigenvalue weighted by molar-refractivity contribution is 7.09. The lowest BCUT2D eigenvalue weighted by atomic mass is 10.0. The van der Waals surface area contributed by atoms with Crippen LogP contribution < -0.4 is 10.2 Å². The Morgan fingerprint density at radius 2 is 2.00 bits per heavy atom. The molecule has 1 aromatic carbocycles. The van der Waals surface area contributed by atoms with Gasteiger partial charge in [0.25, 0.3) is 5.91 Å². The molecule has 0 radical (unpaired) electrons. The van der Waals surface area contributed by atoms with Gasteiger partial charge in [0, 0.05) is 49.7 Å². The van der Waals surface area contributed by atoms with Gasteiger partial charge in [0.15, 0.2) is 0 Å². The summed E-state index contributed by atoms with van der Waals surface area (Å²) in [6.07, 6.45) is -2.15. The number of alkyl halides is 3. The van der Waals surface area contributed by atoms with Crippen molar-refractivity contribution in [3.8, 4) is 0 Å². The molecule has 0 spiro atoms. The molecule has 1 amide bonds. The van der Waals surface area contributed by atoms with Crippen LogP contribution in [-0.4, -0.2) is 55.1 Å². The van der Waals surface area contributed by atoms with Crippen LogP contribution in [0.4, 0.5) is 18.9 Å². The van der Waals surface area contributed by atoms with Crippen molar-refractivity contribution in [2.75, 3.05) is 44.2 Å². The second kappa shape index (κ2) is 8.31. The number of carbonyl (C=O) groups excluding carboxylic acids is 1. The van der Waals surface area contributed by atoms with Gasteiger partial charge < -0.3 is 15.1 Å². The van der Waals surface area contributed by atoms with Gasteiger partial charge in [-0.25, -0.2) is 4.98 Å². The topological polar surface area (TPSA) is 48.5 Å². The largest absolute Gasteiger partial charge is 0.416 e. The molecule has 1 N–H and O–H groups in total. The fourth-order valence-electron chi connectivity index (χ4n) is 3.84. The zero-order valence-electron chi connectivity index (χ0n) is 15.9. The van der Waals surface area contributed by atoms with Crippen LogP contribution in [0.25, 0.3) is 0 Å². The molecule has 2 saturated heterocycles. The van der Waals surface area contributed by atoms with Gasteiger partial charge in [0.05, 0.1) is 10.6 Å². The van der Waals surface area contributed by atoms with E-state index in [1.165, 1.54) is 23.5 Å². The van der Waals surface area contributed by atoms with Gasteiger partial charge in [0.1, 0.15) is 5.69 Å². The van der Waals surface area contributed by atoms with Crippen molar-refractivity contribution >= 4 is 22.9 Å². The number of piperazine rings is 1. The Labute approximate surface area is 171 Å². The zero-order valence-corrected chi connectivity index (χ0v) is 16.7. The number of piperidine rings is 1. The van der Waals surface area contributed by atoms with Gasteiger partial charge in [-0.3, -0.25) is 4.79 Å². The molecule has 0 aliphatic carbocycles. The summed E-state index contributed by atoms with van der Waals surface area (Å²) in [6, 6.07) is 5.34. The highest BCUT2D eigenvalue weighted by Crippen LogP contribution is 2.32. The molecule has 2 fully saturated rings. The predicted octanol–water partition coefficient (Wildman–Crippen LogP) is 3.59. The second-order valence-corrected chi connectivity index (χ2v) is 8.33. The van der Waals surface area contributed by atoms with Crippen LogP contribution in [-0.2, 0) is 6.18 Å². The highest BCUT2D eigenvalue weighted by atomic mass is 32.1. The van der Waals surface area contributed by atoms with Crippen molar-refractivity contribution in [1.29, 1.82) is 0 Å². The summed E-state index contributed by atoms with van der Waals surface area (Å²) >= 11 is 1.53. The Balaban J connectivity index is 1.37. The number of aromatic nitrogens is 1. The van der Waals surface area contributed by atoms with Crippen LogP contribution >= 0.6 is 11.3 Å². The Hall–Kier alpha value is -2.13. The SMILES string of the molecule is O=C(c1csc(C2CCCNC2)n1)N1CCN(c2cccc(C(F)(F)F)c2)CC1. The summed E-state index contributed by atoms with van der Waals surface area (Å²) in [5.41, 5.74) is 0.358. The van der Waals surface area contributed by atoms with Crippen molar-refractivity contribution in [2.45, 2.75) is 24.9 Å². The number of thiazole rings is 1. The molecule has 0 saturated carbocycles. The molecule has 9 heteroatoms. The molecule has 4 rings (SSSR count). The van der Waals surface area contributed by atoms with E-state index in [1.54, 1.807) is 11.0 Å². The van der Waals surface area contributed by atoms with Gasteiger partial charge >= 0.3 is 6.18 Å². The van der Waals surface area contributed by atoms with E-state index in [4.69, 9.17) is 0 Å². The van der Waals surface area contributed by atoms with E-state index in [2.05, 4.69) is 10.3 Å². The first-order valence-electron chi connectivity index (χ1n) is 9.79. The van der Waals surface area contributed by atoms with Crippen LogP contribution in [0.1, 0.15) is 39.8 Å². The Kier molecular flexibility index (Phi) is 5.78. The van der Waals surface area contributed by atoms with E-state index < -0.39 is 11.7 Å². The summed E-state index contributed by atoms with van der Waals surface area (Å²) in [6.45, 7) is 3.85. The number of hydrogen-bond acceptors (Lipinski definition) is 5. The number of carbonyl (C=O) groups is 1. The third-order valence-corrected chi connectivity index (χ3v) is 6.50. The lowest BCUT2D eigenvalue weighted by Crippen LogP contribution is -2.49. The van der Waals surface area contributed by atoms with Crippen LogP contribution in [0.15, 0.2) is 29.6 Å². The number of nitrogens with one attached hydrogen (secondary N) is 1. The number of benzene rings is 1. The van der Waals surface area contributed by atoms with E-state index >= 15 is 0 Å². The van der Waals surface area contributed by atoms with E-state index in [-0.39, 0.29) is 5.91 Å².